The van der Waals surface area contributed by atoms with Gasteiger partial charge in [0.25, 0.3) is 0 Å². The second-order valence-electron chi connectivity index (χ2n) is 3.77. The van der Waals surface area contributed by atoms with E-state index in [9.17, 15) is 0 Å². The molecule has 5 heteroatoms. The van der Waals surface area contributed by atoms with E-state index in [2.05, 4.69) is 0 Å². The van der Waals surface area contributed by atoms with Crippen LogP contribution in [0.25, 0.3) is 11.1 Å². The third kappa shape index (κ3) is 3.43. The first-order chi connectivity index (χ1) is 9.18. The molecule has 2 rings (SSSR count). The van der Waals surface area contributed by atoms with E-state index in [0.717, 1.165) is 11.1 Å². The number of hydrogen-bond acceptors (Lipinski definition) is 4. The molecule has 19 heavy (non-hydrogen) atoms. The molecule has 0 radical (unpaired) electrons. The van der Waals surface area contributed by atoms with Gasteiger partial charge >= 0.3 is 6.72 Å². The molecule has 0 amide bonds. The van der Waals surface area contributed by atoms with E-state index < -0.39 is 6.72 Å². The number of hydrogen-bond donors (Lipinski definition) is 0. The maximum absolute atomic E-state index is 5.77. The topological polar surface area (TPSA) is 27.7 Å². The highest BCUT2D eigenvalue weighted by Crippen LogP contribution is 2.50. The zero-order valence-electron chi connectivity index (χ0n) is 10.8. The molecule has 0 saturated heterocycles. The zero-order chi connectivity index (χ0) is 13.7. The second kappa shape index (κ2) is 6.31. The van der Waals surface area contributed by atoms with E-state index in [1.165, 1.54) is 14.2 Å². The Morgan fingerprint density at radius 1 is 0.842 bits per heavy atom. The monoisotopic (exact) mass is 294 g/mol. The molecule has 0 aliphatic rings. The van der Waals surface area contributed by atoms with Crippen LogP contribution < -0.4 is 4.52 Å². The molecule has 0 aliphatic heterocycles. The van der Waals surface area contributed by atoms with Crippen molar-refractivity contribution in [1.82, 2.24) is 0 Å². The predicted octanol–water partition coefficient (Wildman–Crippen LogP) is 4.25. The third-order valence-electron chi connectivity index (χ3n) is 2.63. The Morgan fingerprint density at radius 3 is 2.05 bits per heavy atom. The minimum absolute atomic E-state index is 0.667. The Bertz CT molecular complexity index is 578. The largest absolute Gasteiger partial charge is 0.423 e. The molecule has 0 N–H and O–H groups in total. The maximum Gasteiger partial charge on any atom is 0.380 e. The molecule has 0 spiro atoms. The lowest BCUT2D eigenvalue weighted by Crippen LogP contribution is -1.98. The molecule has 0 aliphatic carbocycles. The van der Waals surface area contributed by atoms with E-state index >= 15 is 0 Å². The molecule has 2 aromatic carbocycles. The van der Waals surface area contributed by atoms with Gasteiger partial charge in [-0.3, -0.25) is 0 Å². The summed E-state index contributed by atoms with van der Waals surface area (Å²) >= 11 is 5.24. The van der Waals surface area contributed by atoms with Crippen molar-refractivity contribution in [3.05, 3.63) is 54.6 Å². The summed E-state index contributed by atoms with van der Waals surface area (Å²) in [5.74, 6) is 0.667. The van der Waals surface area contributed by atoms with Gasteiger partial charge in [-0.15, -0.1) is 0 Å². The smallest absolute Gasteiger partial charge is 0.380 e. The predicted molar refractivity (Wildman–Crippen MR) is 80.8 cm³/mol. The highest BCUT2D eigenvalue weighted by Gasteiger charge is 2.20. The molecule has 3 nitrogen and oxygen atoms in total. The Kier molecular flexibility index (Phi) is 4.72. The molecule has 2 aromatic rings. The van der Waals surface area contributed by atoms with Crippen LogP contribution in [0.5, 0.6) is 5.75 Å². The molecule has 0 aromatic heterocycles. The number of benzene rings is 2. The van der Waals surface area contributed by atoms with E-state index in [1.54, 1.807) is 0 Å². The van der Waals surface area contributed by atoms with Crippen molar-refractivity contribution >= 4 is 18.5 Å². The van der Waals surface area contributed by atoms with Crippen LogP contribution in [0.2, 0.25) is 0 Å². The van der Waals surface area contributed by atoms with Crippen LogP contribution >= 0.6 is 6.72 Å². The molecule has 0 unspecified atom stereocenters. The van der Waals surface area contributed by atoms with Gasteiger partial charge in [-0.1, -0.05) is 48.5 Å². The Hall–Kier alpha value is -1.19. The quantitative estimate of drug-likeness (QED) is 0.771. The molecule has 0 heterocycles. The summed E-state index contributed by atoms with van der Waals surface area (Å²) in [6.07, 6.45) is 0. The van der Waals surface area contributed by atoms with Gasteiger partial charge < -0.3 is 13.6 Å². The first kappa shape index (κ1) is 14.2. The average Bonchev–Trinajstić information content (AvgIpc) is 2.48. The van der Waals surface area contributed by atoms with Crippen LogP contribution in [0.1, 0.15) is 0 Å². The maximum atomic E-state index is 5.77. The van der Waals surface area contributed by atoms with Crippen molar-refractivity contribution in [3.63, 3.8) is 0 Å². The fourth-order valence-electron chi connectivity index (χ4n) is 1.67. The minimum Gasteiger partial charge on any atom is -0.423 e. The summed E-state index contributed by atoms with van der Waals surface area (Å²) in [6.45, 7) is -2.72. The van der Waals surface area contributed by atoms with Crippen LogP contribution in [-0.2, 0) is 20.9 Å². The normalized spacial score (nSPS) is 11.3. The van der Waals surface area contributed by atoms with Gasteiger partial charge in [0.2, 0.25) is 0 Å². The van der Waals surface area contributed by atoms with E-state index in [-0.39, 0.29) is 0 Å². The van der Waals surface area contributed by atoms with E-state index in [1.807, 2.05) is 54.6 Å². The Balaban J connectivity index is 2.40. The summed E-state index contributed by atoms with van der Waals surface area (Å²) < 4.78 is 16.1. The first-order valence-electron chi connectivity index (χ1n) is 5.74. The highest BCUT2D eigenvalue weighted by molar-refractivity contribution is 8.07. The molecular formula is C14H15O3PS. The molecule has 100 valence electrons. The summed E-state index contributed by atoms with van der Waals surface area (Å²) in [5, 5.41) is 0. The van der Waals surface area contributed by atoms with Crippen LogP contribution in [0.15, 0.2) is 54.6 Å². The van der Waals surface area contributed by atoms with Crippen molar-refractivity contribution in [2.45, 2.75) is 0 Å². The highest BCUT2D eigenvalue weighted by atomic mass is 32.5. The van der Waals surface area contributed by atoms with Crippen molar-refractivity contribution in [2.24, 2.45) is 0 Å². The van der Waals surface area contributed by atoms with Crippen LogP contribution in [0, 0.1) is 0 Å². The van der Waals surface area contributed by atoms with Crippen molar-refractivity contribution in [3.8, 4) is 16.9 Å². The molecule has 0 fully saturated rings. The standard InChI is InChI=1S/C14H15O3PS/c1-15-18(19,16-2)17-14-11-7-6-10-13(14)12-8-4-3-5-9-12/h3-11H,1-2H3. The van der Waals surface area contributed by atoms with E-state index in [4.69, 9.17) is 25.4 Å². The lowest BCUT2D eigenvalue weighted by molar-refractivity contribution is 0.273. The van der Waals surface area contributed by atoms with Gasteiger partial charge in [0.05, 0.1) is 0 Å². The van der Waals surface area contributed by atoms with Gasteiger partial charge in [-0.05, 0) is 11.6 Å². The van der Waals surface area contributed by atoms with Gasteiger partial charge in [0, 0.05) is 31.6 Å². The number of rotatable bonds is 5. The van der Waals surface area contributed by atoms with E-state index in [0.29, 0.717) is 5.75 Å². The third-order valence-corrected chi connectivity index (χ3v) is 5.06. The fourth-order valence-corrected chi connectivity index (χ4v) is 2.61. The summed E-state index contributed by atoms with van der Waals surface area (Å²) in [4.78, 5) is 0. The van der Waals surface area contributed by atoms with Crippen molar-refractivity contribution in [2.75, 3.05) is 14.2 Å². The van der Waals surface area contributed by atoms with Crippen molar-refractivity contribution in [1.29, 1.82) is 0 Å². The summed E-state index contributed by atoms with van der Waals surface area (Å²) in [6, 6.07) is 17.7. The Morgan fingerprint density at radius 2 is 1.42 bits per heavy atom. The summed E-state index contributed by atoms with van der Waals surface area (Å²) in [7, 11) is 2.99. The zero-order valence-corrected chi connectivity index (χ0v) is 12.5. The fraction of sp³-hybridized carbons (Fsp3) is 0.143. The van der Waals surface area contributed by atoms with Gasteiger partial charge in [0.1, 0.15) is 5.75 Å². The van der Waals surface area contributed by atoms with Crippen LogP contribution in [-0.4, -0.2) is 14.2 Å². The lowest BCUT2D eigenvalue weighted by Gasteiger charge is -2.20. The number of para-hydroxylation sites is 1. The Labute approximate surface area is 118 Å². The van der Waals surface area contributed by atoms with Crippen LogP contribution in [0.3, 0.4) is 0 Å². The molecular weight excluding hydrogens is 279 g/mol. The van der Waals surface area contributed by atoms with Crippen LogP contribution in [0.4, 0.5) is 0 Å². The van der Waals surface area contributed by atoms with Gasteiger partial charge in [0.15, 0.2) is 0 Å². The molecule has 0 atom stereocenters. The minimum atomic E-state index is -2.72. The lowest BCUT2D eigenvalue weighted by atomic mass is 10.1. The van der Waals surface area contributed by atoms with Gasteiger partial charge in [-0.2, -0.15) is 0 Å². The second-order valence-corrected chi connectivity index (χ2v) is 6.91. The SMILES string of the molecule is COP(=S)(OC)Oc1ccccc1-c1ccccc1. The first-order valence-corrected chi connectivity index (χ1v) is 8.29. The average molecular weight is 294 g/mol. The molecule has 0 bridgehead atoms. The van der Waals surface area contributed by atoms with Gasteiger partial charge in [-0.25, -0.2) is 0 Å². The molecule has 0 saturated carbocycles. The summed E-state index contributed by atoms with van der Waals surface area (Å²) in [5.41, 5.74) is 2.03. The van der Waals surface area contributed by atoms with Crippen molar-refractivity contribution < 1.29 is 13.6 Å².